The third-order valence-electron chi connectivity index (χ3n) is 6.28. The molecule has 6 rings (SSSR count). The summed E-state index contributed by atoms with van der Waals surface area (Å²) in [6.07, 6.45) is 0. The number of benzene rings is 3. The predicted octanol–water partition coefficient (Wildman–Crippen LogP) is 6.20. The quantitative estimate of drug-likeness (QED) is 0.277. The fraction of sp³-hybridized carbons (Fsp3) is 0.103. The van der Waals surface area contributed by atoms with E-state index in [0.717, 1.165) is 46.6 Å². The van der Waals surface area contributed by atoms with Crippen LogP contribution in [-0.2, 0) is 13.1 Å². The zero-order valence-electron chi connectivity index (χ0n) is 19.5. The molecule has 0 aliphatic rings. The van der Waals surface area contributed by atoms with Gasteiger partial charge in [-0.2, -0.15) is 0 Å². The third kappa shape index (κ3) is 4.22. The van der Waals surface area contributed by atoms with Gasteiger partial charge >= 0.3 is 0 Å². The molecule has 0 fully saturated rings. The minimum Gasteiger partial charge on any atom is -0.384 e. The molecule has 3 aromatic heterocycles. The molecule has 172 valence electrons. The minimum atomic E-state index is 0.468. The van der Waals surface area contributed by atoms with Gasteiger partial charge in [0, 0.05) is 40.9 Å². The number of fused-ring (bicyclic) bond motifs is 2. The van der Waals surface area contributed by atoms with Crippen LogP contribution in [0.4, 0.5) is 11.5 Å². The number of nitrogen functional groups attached to an aromatic ring is 1. The summed E-state index contributed by atoms with van der Waals surface area (Å²) in [5.41, 5.74) is 14.4. The molecule has 6 heteroatoms. The number of nitrogens with two attached hydrogens (primary N) is 1. The number of aryl methyl sites for hydroxylation is 1. The average molecular weight is 459 g/mol. The van der Waals surface area contributed by atoms with E-state index in [0.29, 0.717) is 11.5 Å². The van der Waals surface area contributed by atoms with Crippen LogP contribution in [0.1, 0.15) is 17.0 Å². The highest BCUT2D eigenvalue weighted by Gasteiger charge is 2.14. The van der Waals surface area contributed by atoms with E-state index in [2.05, 4.69) is 110 Å². The zero-order chi connectivity index (χ0) is 23.8. The SMILES string of the molecule is Cc1nc2c(-c3cc4cc(CN(Cc5ccccc5)c5ccccc5)ccc4[nH]3)cc(N)nc2[nH]1. The number of anilines is 2. The van der Waals surface area contributed by atoms with E-state index >= 15 is 0 Å². The highest BCUT2D eigenvalue weighted by molar-refractivity contribution is 5.95. The second-order valence-electron chi connectivity index (χ2n) is 8.90. The first kappa shape index (κ1) is 21.0. The number of para-hydroxylation sites is 1. The van der Waals surface area contributed by atoms with E-state index < -0.39 is 0 Å². The van der Waals surface area contributed by atoms with E-state index in [1.54, 1.807) is 0 Å². The average Bonchev–Trinajstić information content (AvgIpc) is 3.46. The first-order valence-electron chi connectivity index (χ1n) is 11.7. The van der Waals surface area contributed by atoms with E-state index in [4.69, 9.17) is 5.73 Å². The summed E-state index contributed by atoms with van der Waals surface area (Å²) in [6.45, 7) is 3.57. The van der Waals surface area contributed by atoms with Gasteiger partial charge in [-0.25, -0.2) is 9.97 Å². The fourth-order valence-electron chi connectivity index (χ4n) is 4.66. The Morgan fingerprint density at radius 2 is 1.51 bits per heavy atom. The first-order chi connectivity index (χ1) is 17.1. The van der Waals surface area contributed by atoms with E-state index in [-0.39, 0.29) is 0 Å². The molecular weight excluding hydrogens is 432 g/mol. The van der Waals surface area contributed by atoms with Gasteiger partial charge in [0.15, 0.2) is 5.65 Å². The van der Waals surface area contributed by atoms with Crippen LogP contribution in [0.15, 0.2) is 91.0 Å². The summed E-state index contributed by atoms with van der Waals surface area (Å²) < 4.78 is 0. The van der Waals surface area contributed by atoms with Crippen LogP contribution in [-0.4, -0.2) is 19.9 Å². The van der Waals surface area contributed by atoms with Crippen LogP contribution in [0.5, 0.6) is 0 Å². The number of hydrogen-bond acceptors (Lipinski definition) is 4. The van der Waals surface area contributed by atoms with Crippen LogP contribution in [0.2, 0.25) is 0 Å². The molecule has 0 amide bonds. The smallest absolute Gasteiger partial charge is 0.160 e. The topological polar surface area (TPSA) is 86.6 Å². The van der Waals surface area contributed by atoms with Gasteiger partial charge in [0.25, 0.3) is 0 Å². The van der Waals surface area contributed by atoms with Crippen LogP contribution >= 0.6 is 0 Å². The lowest BCUT2D eigenvalue weighted by Gasteiger charge is -2.25. The van der Waals surface area contributed by atoms with Crippen molar-refractivity contribution < 1.29 is 0 Å². The Hall–Kier alpha value is -4.58. The predicted molar refractivity (Wildman–Crippen MR) is 143 cm³/mol. The number of nitrogens with one attached hydrogen (secondary N) is 2. The monoisotopic (exact) mass is 458 g/mol. The van der Waals surface area contributed by atoms with Gasteiger partial charge in [-0.15, -0.1) is 0 Å². The van der Waals surface area contributed by atoms with E-state index in [1.807, 2.05) is 13.0 Å². The molecule has 4 N–H and O–H groups in total. The molecule has 35 heavy (non-hydrogen) atoms. The Morgan fingerprint density at radius 1 is 0.771 bits per heavy atom. The molecule has 0 bridgehead atoms. The standard InChI is InChI=1S/C29H26N6/c1-19-31-28-24(16-27(30)34-29(28)32-19)26-15-22-14-21(12-13-25(22)33-26)18-35(23-10-6-3-7-11-23)17-20-8-4-2-5-9-20/h2-16,33H,17-18H2,1H3,(H3,30,31,32,34). The molecule has 0 radical (unpaired) electrons. The van der Waals surface area contributed by atoms with Crippen LogP contribution < -0.4 is 10.6 Å². The molecule has 0 spiro atoms. The number of pyridine rings is 1. The van der Waals surface area contributed by atoms with Crippen molar-refractivity contribution in [3.63, 3.8) is 0 Å². The first-order valence-corrected chi connectivity index (χ1v) is 11.7. The molecular formula is C29H26N6. The molecule has 0 saturated carbocycles. The largest absolute Gasteiger partial charge is 0.384 e. The van der Waals surface area contributed by atoms with Gasteiger partial charge in [0.05, 0.1) is 0 Å². The van der Waals surface area contributed by atoms with Crippen molar-refractivity contribution in [1.82, 2.24) is 19.9 Å². The number of hydrogen-bond donors (Lipinski definition) is 3. The Kier molecular flexibility index (Phi) is 5.19. The minimum absolute atomic E-state index is 0.468. The van der Waals surface area contributed by atoms with Crippen molar-refractivity contribution in [2.75, 3.05) is 10.6 Å². The normalized spacial score (nSPS) is 11.3. The maximum Gasteiger partial charge on any atom is 0.160 e. The van der Waals surface area contributed by atoms with Crippen LogP contribution in [0.25, 0.3) is 33.3 Å². The van der Waals surface area contributed by atoms with Crippen molar-refractivity contribution in [1.29, 1.82) is 0 Å². The third-order valence-corrected chi connectivity index (χ3v) is 6.28. The Bertz CT molecular complexity index is 1620. The van der Waals surface area contributed by atoms with Gasteiger partial charge < -0.3 is 20.6 Å². The Balaban J connectivity index is 1.35. The number of nitrogens with zero attached hydrogens (tertiary/aromatic N) is 3. The van der Waals surface area contributed by atoms with Crippen molar-refractivity contribution in [2.45, 2.75) is 20.0 Å². The molecule has 6 aromatic rings. The maximum atomic E-state index is 6.08. The highest BCUT2D eigenvalue weighted by Crippen LogP contribution is 2.31. The fourth-order valence-corrected chi connectivity index (χ4v) is 4.66. The van der Waals surface area contributed by atoms with Gasteiger partial charge in [-0.05, 0) is 54.4 Å². The molecule has 0 saturated heterocycles. The number of imidazole rings is 1. The summed E-state index contributed by atoms with van der Waals surface area (Å²) in [5, 5.41) is 1.15. The number of H-pyrrole nitrogens is 2. The molecule has 0 unspecified atom stereocenters. The molecule has 0 atom stereocenters. The van der Waals surface area contributed by atoms with Gasteiger partial charge in [-0.3, -0.25) is 0 Å². The van der Waals surface area contributed by atoms with Gasteiger partial charge in [0.2, 0.25) is 0 Å². The maximum absolute atomic E-state index is 6.08. The summed E-state index contributed by atoms with van der Waals surface area (Å²) in [7, 11) is 0. The highest BCUT2D eigenvalue weighted by atomic mass is 15.1. The summed E-state index contributed by atoms with van der Waals surface area (Å²) in [4.78, 5) is 18.2. The van der Waals surface area contributed by atoms with Crippen molar-refractivity contribution in [3.05, 3.63) is 108 Å². The number of rotatable bonds is 6. The molecule has 0 aliphatic carbocycles. The second kappa shape index (κ2) is 8.65. The Morgan fingerprint density at radius 3 is 2.31 bits per heavy atom. The van der Waals surface area contributed by atoms with Crippen LogP contribution in [0, 0.1) is 6.92 Å². The van der Waals surface area contributed by atoms with Crippen molar-refractivity contribution in [2.24, 2.45) is 0 Å². The Labute approximate surface area is 203 Å². The van der Waals surface area contributed by atoms with Crippen LogP contribution in [0.3, 0.4) is 0 Å². The zero-order valence-corrected chi connectivity index (χ0v) is 19.5. The number of aromatic nitrogens is 4. The van der Waals surface area contributed by atoms with E-state index in [1.165, 1.54) is 16.8 Å². The lowest BCUT2D eigenvalue weighted by atomic mass is 10.1. The molecule has 3 heterocycles. The van der Waals surface area contributed by atoms with Gasteiger partial charge in [0.1, 0.15) is 17.2 Å². The van der Waals surface area contributed by atoms with Crippen molar-refractivity contribution >= 4 is 33.6 Å². The summed E-state index contributed by atoms with van der Waals surface area (Å²) in [5.74, 6) is 1.28. The molecule has 0 aliphatic heterocycles. The molecule has 6 nitrogen and oxygen atoms in total. The second-order valence-corrected chi connectivity index (χ2v) is 8.90. The lowest BCUT2D eigenvalue weighted by molar-refractivity contribution is 0.801. The summed E-state index contributed by atoms with van der Waals surface area (Å²) in [6, 6.07) is 31.8. The summed E-state index contributed by atoms with van der Waals surface area (Å²) >= 11 is 0. The van der Waals surface area contributed by atoms with E-state index in [9.17, 15) is 0 Å². The van der Waals surface area contributed by atoms with Crippen molar-refractivity contribution in [3.8, 4) is 11.3 Å². The van der Waals surface area contributed by atoms with Gasteiger partial charge in [-0.1, -0.05) is 54.6 Å². The number of aromatic amines is 2. The lowest BCUT2D eigenvalue weighted by Crippen LogP contribution is -2.21. The molecule has 3 aromatic carbocycles.